The summed E-state index contributed by atoms with van der Waals surface area (Å²) in [6, 6.07) is 7.01. The van der Waals surface area contributed by atoms with Gasteiger partial charge in [0.05, 0.1) is 0 Å². The zero-order valence-corrected chi connectivity index (χ0v) is 8.66. The highest BCUT2D eigenvalue weighted by Crippen LogP contribution is 2.06. The molecule has 0 spiro atoms. The summed E-state index contributed by atoms with van der Waals surface area (Å²) in [6.07, 6.45) is 0. The topological polar surface area (TPSA) is 20.3 Å². The first kappa shape index (κ1) is 10.8. The number of nitrogens with zero attached hydrogens (tertiary/aromatic N) is 1. The van der Waals surface area contributed by atoms with Crippen LogP contribution in [-0.2, 0) is 0 Å². The van der Waals surface area contributed by atoms with Crippen LogP contribution in [0, 0.1) is 6.92 Å². The van der Waals surface area contributed by atoms with Crippen LogP contribution in [0.2, 0.25) is 0 Å². The van der Waals surface area contributed by atoms with Crippen molar-refractivity contribution in [2.45, 2.75) is 13.8 Å². The van der Waals surface area contributed by atoms with E-state index in [0.717, 1.165) is 13.1 Å². The predicted molar refractivity (Wildman–Crippen MR) is 57.1 cm³/mol. The Hall–Kier alpha value is -1.31. The van der Waals surface area contributed by atoms with Gasteiger partial charge in [0.2, 0.25) is 0 Å². The summed E-state index contributed by atoms with van der Waals surface area (Å²) in [5.41, 5.74) is 1.38. The first-order chi connectivity index (χ1) is 6.69. The first-order valence-electron chi connectivity index (χ1n) is 4.83. The van der Waals surface area contributed by atoms with E-state index in [2.05, 4.69) is 0 Å². The van der Waals surface area contributed by atoms with Gasteiger partial charge in [-0.3, -0.25) is 4.79 Å². The summed E-state index contributed by atoms with van der Waals surface area (Å²) < 4.78 is 0. The second-order valence-corrected chi connectivity index (χ2v) is 3.10. The average Bonchev–Trinajstić information content (AvgIpc) is 2.20. The van der Waals surface area contributed by atoms with E-state index in [-0.39, 0.29) is 5.91 Å². The molecule has 1 amide bonds. The molecular formula is C12H15NO. The summed E-state index contributed by atoms with van der Waals surface area (Å²) in [7, 11) is 0. The molecule has 0 atom stereocenters. The Labute approximate surface area is 85.5 Å². The Bertz CT molecular complexity index is 299. The molecule has 0 N–H and O–H groups in total. The summed E-state index contributed by atoms with van der Waals surface area (Å²) in [5.74, 6) is 0.0648. The largest absolute Gasteiger partial charge is 0.339 e. The minimum absolute atomic E-state index is 0.0648. The standard InChI is InChI=1S/C12H15NO/c1-4-13(5-2)12(14)11-8-6-10(3)7-9-11/h3,6-9H,4-5H2,1-2H3. The van der Waals surface area contributed by atoms with Crippen molar-refractivity contribution in [3.8, 4) is 0 Å². The fraction of sp³-hybridized carbons (Fsp3) is 0.333. The summed E-state index contributed by atoms with van der Waals surface area (Å²) >= 11 is 0. The number of carbonyl (C=O) groups is 1. The summed E-state index contributed by atoms with van der Waals surface area (Å²) in [4.78, 5) is 13.6. The van der Waals surface area contributed by atoms with Crippen LogP contribution in [0.4, 0.5) is 0 Å². The van der Waals surface area contributed by atoms with E-state index in [1.165, 1.54) is 0 Å². The van der Waals surface area contributed by atoms with E-state index < -0.39 is 0 Å². The van der Waals surface area contributed by atoms with Crippen LogP contribution in [0.5, 0.6) is 0 Å². The third-order valence-electron chi connectivity index (χ3n) is 2.21. The molecule has 2 nitrogen and oxygen atoms in total. The molecule has 0 saturated heterocycles. The van der Waals surface area contributed by atoms with Gasteiger partial charge in [-0.2, -0.15) is 0 Å². The maximum absolute atomic E-state index is 11.8. The quantitative estimate of drug-likeness (QED) is 0.714. The highest BCUT2D eigenvalue weighted by atomic mass is 16.2. The van der Waals surface area contributed by atoms with Crippen LogP contribution < -0.4 is 0 Å². The third-order valence-corrected chi connectivity index (χ3v) is 2.21. The van der Waals surface area contributed by atoms with Gasteiger partial charge in [-0.1, -0.05) is 12.1 Å². The van der Waals surface area contributed by atoms with Gasteiger partial charge >= 0.3 is 0 Å². The van der Waals surface area contributed by atoms with Crippen molar-refractivity contribution in [1.29, 1.82) is 0 Å². The molecule has 0 aromatic heterocycles. The lowest BCUT2D eigenvalue weighted by molar-refractivity contribution is 0.0773. The minimum Gasteiger partial charge on any atom is -0.339 e. The molecule has 0 fully saturated rings. The number of carbonyl (C=O) groups excluding carboxylic acids is 1. The zero-order valence-electron chi connectivity index (χ0n) is 8.66. The van der Waals surface area contributed by atoms with E-state index in [9.17, 15) is 4.79 Å². The van der Waals surface area contributed by atoms with Gasteiger partial charge in [-0.15, -0.1) is 0 Å². The van der Waals surface area contributed by atoms with Crippen molar-refractivity contribution < 1.29 is 4.79 Å². The normalized spacial score (nSPS) is 9.93. The smallest absolute Gasteiger partial charge is 0.253 e. The maximum atomic E-state index is 11.8. The fourth-order valence-electron chi connectivity index (χ4n) is 1.32. The Kier molecular flexibility index (Phi) is 3.69. The second-order valence-electron chi connectivity index (χ2n) is 3.10. The SMILES string of the molecule is [CH]c1ccc(C(=O)N(CC)CC)cc1. The van der Waals surface area contributed by atoms with Gasteiger partial charge in [0, 0.05) is 18.7 Å². The van der Waals surface area contributed by atoms with Crippen LogP contribution in [-0.4, -0.2) is 23.9 Å². The molecule has 74 valence electrons. The first-order valence-corrected chi connectivity index (χ1v) is 4.83. The van der Waals surface area contributed by atoms with Crippen molar-refractivity contribution in [3.05, 3.63) is 42.3 Å². The van der Waals surface area contributed by atoms with Gasteiger partial charge in [-0.25, -0.2) is 0 Å². The molecular weight excluding hydrogens is 174 g/mol. The van der Waals surface area contributed by atoms with E-state index in [1.807, 2.05) is 13.8 Å². The number of hydrogen-bond acceptors (Lipinski definition) is 1. The molecule has 0 heterocycles. The van der Waals surface area contributed by atoms with Gasteiger partial charge in [-0.05, 0) is 38.5 Å². The lowest BCUT2D eigenvalue weighted by atomic mass is 10.1. The van der Waals surface area contributed by atoms with Gasteiger partial charge < -0.3 is 4.90 Å². The van der Waals surface area contributed by atoms with Crippen LogP contribution >= 0.6 is 0 Å². The van der Waals surface area contributed by atoms with E-state index >= 15 is 0 Å². The monoisotopic (exact) mass is 189 g/mol. The molecule has 0 aliphatic carbocycles. The lowest BCUT2D eigenvalue weighted by Gasteiger charge is -2.18. The Morgan fingerprint density at radius 1 is 1.21 bits per heavy atom. The van der Waals surface area contributed by atoms with Crippen molar-refractivity contribution in [1.82, 2.24) is 4.90 Å². The van der Waals surface area contributed by atoms with E-state index in [4.69, 9.17) is 6.92 Å². The highest BCUT2D eigenvalue weighted by Gasteiger charge is 2.10. The van der Waals surface area contributed by atoms with Crippen molar-refractivity contribution in [3.63, 3.8) is 0 Å². The number of rotatable bonds is 3. The number of benzene rings is 1. The van der Waals surface area contributed by atoms with Crippen molar-refractivity contribution in [2.24, 2.45) is 0 Å². The van der Waals surface area contributed by atoms with Gasteiger partial charge in [0.15, 0.2) is 0 Å². The molecule has 0 aliphatic rings. The van der Waals surface area contributed by atoms with E-state index in [0.29, 0.717) is 11.1 Å². The average molecular weight is 189 g/mol. The minimum atomic E-state index is 0.0648. The van der Waals surface area contributed by atoms with Crippen LogP contribution in [0.1, 0.15) is 29.8 Å². The predicted octanol–water partition coefficient (Wildman–Crippen LogP) is 2.23. The van der Waals surface area contributed by atoms with Crippen molar-refractivity contribution >= 4 is 5.91 Å². The molecule has 0 unspecified atom stereocenters. The number of amides is 1. The molecule has 0 bridgehead atoms. The summed E-state index contributed by atoms with van der Waals surface area (Å²) in [5, 5.41) is 0. The molecule has 0 saturated carbocycles. The Balaban J connectivity index is 2.83. The lowest BCUT2D eigenvalue weighted by Crippen LogP contribution is -2.30. The van der Waals surface area contributed by atoms with Crippen LogP contribution in [0.25, 0.3) is 0 Å². The van der Waals surface area contributed by atoms with E-state index in [1.54, 1.807) is 29.2 Å². The maximum Gasteiger partial charge on any atom is 0.253 e. The molecule has 2 heteroatoms. The fourth-order valence-corrected chi connectivity index (χ4v) is 1.32. The Morgan fingerprint density at radius 3 is 2.14 bits per heavy atom. The molecule has 1 aromatic carbocycles. The van der Waals surface area contributed by atoms with Gasteiger partial charge in [0.1, 0.15) is 0 Å². The molecule has 14 heavy (non-hydrogen) atoms. The van der Waals surface area contributed by atoms with Gasteiger partial charge in [0.25, 0.3) is 5.91 Å². The third kappa shape index (κ3) is 2.34. The second kappa shape index (κ2) is 4.80. The molecule has 1 rings (SSSR count). The molecule has 2 radical (unpaired) electrons. The number of hydrogen-bond donors (Lipinski definition) is 0. The Morgan fingerprint density at radius 2 is 1.71 bits per heavy atom. The highest BCUT2D eigenvalue weighted by molar-refractivity contribution is 5.94. The molecule has 0 aliphatic heterocycles. The summed E-state index contributed by atoms with van der Waals surface area (Å²) in [6.45, 7) is 11.0. The van der Waals surface area contributed by atoms with Crippen LogP contribution in [0.3, 0.4) is 0 Å². The zero-order chi connectivity index (χ0) is 10.6. The van der Waals surface area contributed by atoms with Crippen molar-refractivity contribution in [2.75, 3.05) is 13.1 Å². The molecule has 1 aromatic rings. The van der Waals surface area contributed by atoms with Crippen LogP contribution in [0.15, 0.2) is 24.3 Å².